The minimum atomic E-state index is 0.400. The minimum absolute atomic E-state index is 0.400. The first-order valence-electron chi connectivity index (χ1n) is 6.53. The van der Waals surface area contributed by atoms with E-state index in [-0.39, 0.29) is 0 Å². The third kappa shape index (κ3) is 4.18. The third-order valence-corrected chi connectivity index (χ3v) is 2.95. The molecule has 106 valence electrons. The molecule has 0 aliphatic heterocycles. The number of halogens is 1. The monoisotopic (exact) mass is 291 g/mol. The average molecular weight is 292 g/mol. The molecule has 0 amide bonds. The Hall–Kier alpha value is -1.65. The second-order valence-electron chi connectivity index (χ2n) is 4.90. The Balaban J connectivity index is 2.13. The van der Waals surface area contributed by atoms with Crippen LogP contribution in [0.2, 0.25) is 5.02 Å². The molecule has 0 aliphatic carbocycles. The molecule has 0 saturated heterocycles. The van der Waals surface area contributed by atoms with Crippen LogP contribution in [0, 0.1) is 6.92 Å². The van der Waals surface area contributed by atoms with E-state index in [1.165, 1.54) is 0 Å². The maximum Gasteiger partial charge on any atom is 0.238 e. The lowest BCUT2D eigenvalue weighted by Gasteiger charge is -2.10. The van der Waals surface area contributed by atoms with Crippen molar-refractivity contribution < 1.29 is 4.74 Å². The average Bonchev–Trinajstić information content (AvgIpc) is 2.41. The molecule has 2 rings (SSSR count). The highest BCUT2D eigenvalue weighted by molar-refractivity contribution is 6.30. The zero-order valence-electron chi connectivity index (χ0n) is 11.9. The fourth-order valence-electron chi connectivity index (χ4n) is 1.63. The summed E-state index contributed by atoms with van der Waals surface area (Å²) in [6.45, 7) is 6.80. The number of benzene rings is 1. The zero-order chi connectivity index (χ0) is 14.5. The molecule has 0 bridgehead atoms. The lowest BCUT2D eigenvalue weighted by molar-refractivity contribution is 0.452. The van der Waals surface area contributed by atoms with Crippen molar-refractivity contribution in [2.75, 3.05) is 0 Å². The number of aryl methyl sites for hydroxylation is 1. The van der Waals surface area contributed by atoms with Gasteiger partial charge in [-0.25, -0.2) is 4.98 Å². The third-order valence-electron chi connectivity index (χ3n) is 2.72. The summed E-state index contributed by atoms with van der Waals surface area (Å²) in [5.41, 5.74) is 1.85. The maximum absolute atomic E-state index is 5.97. The van der Waals surface area contributed by atoms with Crippen LogP contribution in [-0.4, -0.2) is 16.0 Å². The van der Waals surface area contributed by atoms with Crippen LogP contribution >= 0.6 is 11.6 Å². The molecule has 20 heavy (non-hydrogen) atoms. The number of aromatic nitrogens is 2. The number of nitrogens with zero attached hydrogens (tertiary/aromatic N) is 2. The number of ether oxygens (including phenoxy) is 1. The van der Waals surface area contributed by atoms with Crippen LogP contribution in [0.15, 0.2) is 30.6 Å². The Morgan fingerprint density at radius 3 is 2.85 bits per heavy atom. The summed E-state index contributed by atoms with van der Waals surface area (Å²) in [5.74, 6) is 1.17. The van der Waals surface area contributed by atoms with Crippen LogP contribution in [0.25, 0.3) is 0 Å². The number of hydrogen-bond donors (Lipinski definition) is 1. The molecular formula is C15H18ClN3O. The first-order valence-corrected chi connectivity index (χ1v) is 6.90. The van der Waals surface area contributed by atoms with Crippen LogP contribution in [0.3, 0.4) is 0 Å². The minimum Gasteiger partial charge on any atom is -0.437 e. The van der Waals surface area contributed by atoms with Crippen molar-refractivity contribution >= 4 is 11.6 Å². The Labute approximate surface area is 124 Å². The second kappa shape index (κ2) is 6.68. The summed E-state index contributed by atoms with van der Waals surface area (Å²) in [7, 11) is 0. The molecule has 1 heterocycles. The quantitative estimate of drug-likeness (QED) is 0.912. The summed E-state index contributed by atoms with van der Waals surface area (Å²) in [6, 6.07) is 5.92. The lowest BCUT2D eigenvalue weighted by atomic mass is 10.2. The van der Waals surface area contributed by atoms with E-state index in [1.807, 2.05) is 19.1 Å². The summed E-state index contributed by atoms with van der Waals surface area (Å²) in [5, 5.41) is 3.93. The van der Waals surface area contributed by atoms with Gasteiger partial charge >= 0.3 is 0 Å². The fraction of sp³-hybridized carbons (Fsp3) is 0.333. The Morgan fingerprint density at radius 1 is 1.30 bits per heavy atom. The topological polar surface area (TPSA) is 47.0 Å². The van der Waals surface area contributed by atoms with Gasteiger partial charge in [-0.05, 0) is 24.6 Å². The standard InChI is InChI=1S/C15H18ClN3O/c1-10(2)18-8-13-7-17-9-15(19-13)20-14-6-12(16)5-4-11(14)3/h4-7,9-10,18H,8H2,1-3H3. The van der Waals surface area contributed by atoms with Crippen molar-refractivity contribution in [1.29, 1.82) is 0 Å². The molecule has 5 heteroatoms. The number of rotatable bonds is 5. The van der Waals surface area contributed by atoms with Gasteiger partial charge in [-0.2, -0.15) is 0 Å². The van der Waals surface area contributed by atoms with Gasteiger partial charge in [0.1, 0.15) is 5.75 Å². The Kier molecular flexibility index (Phi) is 4.93. The van der Waals surface area contributed by atoms with E-state index in [0.29, 0.717) is 29.2 Å². The molecule has 0 fully saturated rings. The normalized spacial score (nSPS) is 10.8. The molecule has 1 aromatic carbocycles. The van der Waals surface area contributed by atoms with Crippen LogP contribution in [0.5, 0.6) is 11.6 Å². The van der Waals surface area contributed by atoms with E-state index in [0.717, 1.165) is 11.3 Å². The highest BCUT2D eigenvalue weighted by Gasteiger charge is 2.05. The van der Waals surface area contributed by atoms with Crippen molar-refractivity contribution in [2.24, 2.45) is 0 Å². The molecule has 0 aliphatic rings. The summed E-state index contributed by atoms with van der Waals surface area (Å²) in [4.78, 5) is 8.57. The molecule has 0 radical (unpaired) electrons. The van der Waals surface area contributed by atoms with Gasteiger partial charge in [-0.3, -0.25) is 4.98 Å². The van der Waals surface area contributed by atoms with Gasteiger partial charge in [0, 0.05) is 23.8 Å². The fourth-order valence-corrected chi connectivity index (χ4v) is 1.79. The van der Waals surface area contributed by atoms with Gasteiger partial charge in [-0.1, -0.05) is 31.5 Å². The maximum atomic E-state index is 5.97. The molecule has 2 aromatic rings. The van der Waals surface area contributed by atoms with E-state index in [1.54, 1.807) is 18.5 Å². The van der Waals surface area contributed by atoms with E-state index >= 15 is 0 Å². The first kappa shape index (κ1) is 14.8. The van der Waals surface area contributed by atoms with Gasteiger partial charge in [0.05, 0.1) is 11.9 Å². The molecule has 4 nitrogen and oxygen atoms in total. The molecule has 1 aromatic heterocycles. The SMILES string of the molecule is Cc1ccc(Cl)cc1Oc1cncc(CNC(C)C)n1. The van der Waals surface area contributed by atoms with Crippen molar-refractivity contribution in [3.8, 4) is 11.6 Å². The Morgan fingerprint density at radius 2 is 2.10 bits per heavy atom. The molecule has 0 unspecified atom stereocenters. The smallest absolute Gasteiger partial charge is 0.238 e. The van der Waals surface area contributed by atoms with E-state index in [4.69, 9.17) is 16.3 Å². The van der Waals surface area contributed by atoms with Crippen LogP contribution in [0.1, 0.15) is 25.1 Å². The first-order chi connectivity index (χ1) is 9.54. The highest BCUT2D eigenvalue weighted by atomic mass is 35.5. The predicted molar refractivity (Wildman–Crippen MR) is 80.3 cm³/mol. The van der Waals surface area contributed by atoms with E-state index < -0.39 is 0 Å². The van der Waals surface area contributed by atoms with Gasteiger partial charge in [-0.15, -0.1) is 0 Å². The van der Waals surface area contributed by atoms with E-state index in [2.05, 4.69) is 29.1 Å². The summed E-state index contributed by atoms with van der Waals surface area (Å²) >= 11 is 5.97. The summed E-state index contributed by atoms with van der Waals surface area (Å²) in [6.07, 6.45) is 3.33. The molecule has 0 spiro atoms. The summed E-state index contributed by atoms with van der Waals surface area (Å²) < 4.78 is 5.75. The van der Waals surface area contributed by atoms with Crippen LogP contribution in [0.4, 0.5) is 0 Å². The predicted octanol–water partition coefficient (Wildman–Crippen LogP) is 3.73. The van der Waals surface area contributed by atoms with Gasteiger partial charge in [0.25, 0.3) is 0 Å². The highest BCUT2D eigenvalue weighted by Crippen LogP contribution is 2.26. The zero-order valence-corrected chi connectivity index (χ0v) is 12.6. The molecule has 1 N–H and O–H groups in total. The number of nitrogens with one attached hydrogen (secondary N) is 1. The van der Waals surface area contributed by atoms with Crippen molar-refractivity contribution in [3.63, 3.8) is 0 Å². The van der Waals surface area contributed by atoms with Crippen molar-refractivity contribution in [3.05, 3.63) is 46.9 Å². The van der Waals surface area contributed by atoms with Crippen molar-refractivity contribution in [1.82, 2.24) is 15.3 Å². The van der Waals surface area contributed by atoms with Gasteiger partial charge in [0.2, 0.25) is 5.88 Å². The van der Waals surface area contributed by atoms with Crippen LogP contribution in [-0.2, 0) is 6.54 Å². The van der Waals surface area contributed by atoms with E-state index in [9.17, 15) is 0 Å². The number of hydrogen-bond acceptors (Lipinski definition) is 4. The van der Waals surface area contributed by atoms with Crippen molar-refractivity contribution in [2.45, 2.75) is 33.4 Å². The molecular weight excluding hydrogens is 274 g/mol. The van der Waals surface area contributed by atoms with Gasteiger partial charge < -0.3 is 10.1 Å². The lowest BCUT2D eigenvalue weighted by Crippen LogP contribution is -2.22. The van der Waals surface area contributed by atoms with Crippen LogP contribution < -0.4 is 10.1 Å². The largest absolute Gasteiger partial charge is 0.437 e. The molecule has 0 saturated carbocycles. The molecule has 0 atom stereocenters. The van der Waals surface area contributed by atoms with Gasteiger partial charge in [0.15, 0.2) is 0 Å². The second-order valence-corrected chi connectivity index (χ2v) is 5.33. The Bertz CT molecular complexity index is 587.